The first-order chi connectivity index (χ1) is 13.3. The van der Waals surface area contributed by atoms with Crippen LogP contribution in [0.4, 0.5) is 5.82 Å². The van der Waals surface area contributed by atoms with Crippen molar-refractivity contribution in [1.82, 2.24) is 15.3 Å². The summed E-state index contributed by atoms with van der Waals surface area (Å²) in [7, 11) is 1.64. The number of nitrogens with zero attached hydrogens (tertiary/aromatic N) is 3. The summed E-state index contributed by atoms with van der Waals surface area (Å²) in [5.74, 6) is -1.18. The van der Waals surface area contributed by atoms with Crippen LogP contribution in [0.5, 0.6) is 0 Å². The summed E-state index contributed by atoms with van der Waals surface area (Å²) >= 11 is 12.3. The van der Waals surface area contributed by atoms with Gasteiger partial charge in [-0.1, -0.05) is 29.3 Å². The zero-order valence-corrected chi connectivity index (χ0v) is 16.3. The van der Waals surface area contributed by atoms with Crippen molar-refractivity contribution in [2.24, 2.45) is 0 Å². The van der Waals surface area contributed by atoms with Gasteiger partial charge >= 0.3 is 5.97 Å². The molecule has 2 heterocycles. The number of aromatic nitrogens is 2. The van der Waals surface area contributed by atoms with Gasteiger partial charge < -0.3 is 15.3 Å². The Bertz CT molecular complexity index is 1040. The van der Waals surface area contributed by atoms with Crippen molar-refractivity contribution in [2.45, 2.75) is 6.54 Å². The van der Waals surface area contributed by atoms with Crippen molar-refractivity contribution < 1.29 is 14.7 Å². The van der Waals surface area contributed by atoms with Crippen LogP contribution in [0.2, 0.25) is 10.0 Å². The molecule has 0 unspecified atom stereocenters. The minimum absolute atomic E-state index is 0.0447. The number of hydrogen-bond acceptors (Lipinski definition) is 5. The van der Waals surface area contributed by atoms with Gasteiger partial charge in [-0.25, -0.2) is 9.78 Å². The van der Waals surface area contributed by atoms with Gasteiger partial charge in [-0.15, -0.1) is 0 Å². The number of hydrogen-bond donors (Lipinski definition) is 2. The first kappa shape index (κ1) is 19.9. The molecular formula is C19H16Cl2N4O3. The molecule has 28 heavy (non-hydrogen) atoms. The molecule has 3 rings (SSSR count). The third-order valence-corrected chi connectivity index (χ3v) is 4.50. The van der Waals surface area contributed by atoms with Crippen LogP contribution < -0.4 is 10.2 Å². The third kappa shape index (κ3) is 4.49. The molecule has 0 radical (unpaired) electrons. The van der Waals surface area contributed by atoms with E-state index in [1.54, 1.807) is 42.4 Å². The van der Waals surface area contributed by atoms with E-state index in [4.69, 9.17) is 23.2 Å². The molecule has 0 aliphatic heterocycles. The molecule has 9 heteroatoms. The lowest BCUT2D eigenvalue weighted by Crippen LogP contribution is -2.35. The van der Waals surface area contributed by atoms with Gasteiger partial charge in [0.1, 0.15) is 5.82 Å². The van der Waals surface area contributed by atoms with E-state index in [9.17, 15) is 14.7 Å². The molecule has 0 saturated carbocycles. The summed E-state index contributed by atoms with van der Waals surface area (Å²) in [4.78, 5) is 33.6. The Morgan fingerprint density at radius 3 is 2.68 bits per heavy atom. The van der Waals surface area contributed by atoms with Crippen LogP contribution >= 0.6 is 23.2 Å². The summed E-state index contributed by atoms with van der Waals surface area (Å²) in [6.45, 7) is 0.240. The van der Waals surface area contributed by atoms with E-state index >= 15 is 0 Å². The minimum Gasteiger partial charge on any atom is -0.477 e. The molecule has 144 valence electrons. The lowest BCUT2D eigenvalue weighted by Gasteiger charge is -2.21. The highest BCUT2D eigenvalue weighted by atomic mass is 35.5. The average Bonchev–Trinajstić information content (AvgIpc) is 2.65. The Morgan fingerprint density at radius 1 is 1.21 bits per heavy atom. The predicted molar refractivity (Wildman–Crippen MR) is 108 cm³/mol. The van der Waals surface area contributed by atoms with Crippen LogP contribution in [0.1, 0.15) is 16.2 Å². The van der Waals surface area contributed by atoms with E-state index in [-0.39, 0.29) is 30.5 Å². The van der Waals surface area contributed by atoms with Crippen molar-refractivity contribution in [1.29, 1.82) is 0 Å². The molecule has 0 spiro atoms. The molecule has 3 aromatic rings. The van der Waals surface area contributed by atoms with Crippen LogP contribution in [-0.4, -0.2) is 40.5 Å². The van der Waals surface area contributed by atoms with E-state index in [2.05, 4.69) is 15.3 Å². The predicted octanol–water partition coefficient (Wildman–Crippen LogP) is 3.39. The number of halogens is 2. The molecule has 7 nitrogen and oxygen atoms in total. The number of carboxylic acid groups (broad SMARTS) is 1. The number of carbonyl (C=O) groups is 2. The Kier molecular flexibility index (Phi) is 5.96. The van der Waals surface area contributed by atoms with Crippen LogP contribution in [-0.2, 0) is 11.3 Å². The number of aromatic carboxylic acids is 1. The van der Waals surface area contributed by atoms with Gasteiger partial charge in [0.25, 0.3) is 0 Å². The van der Waals surface area contributed by atoms with Gasteiger partial charge in [0.05, 0.1) is 23.8 Å². The number of carboxylic acids is 1. The molecule has 0 aliphatic rings. The summed E-state index contributed by atoms with van der Waals surface area (Å²) < 4.78 is 0. The lowest BCUT2D eigenvalue weighted by atomic mass is 10.1. The normalized spacial score (nSPS) is 10.7. The number of carbonyl (C=O) groups excluding carboxylic acids is 1. The van der Waals surface area contributed by atoms with Gasteiger partial charge in [0.15, 0.2) is 5.69 Å². The topological polar surface area (TPSA) is 95.4 Å². The summed E-state index contributed by atoms with van der Waals surface area (Å²) in [5.41, 5.74) is 0.564. The number of rotatable bonds is 6. The van der Waals surface area contributed by atoms with Crippen molar-refractivity contribution >= 4 is 51.7 Å². The average molecular weight is 419 g/mol. The fraction of sp³-hybridized carbons (Fsp3) is 0.158. The molecule has 0 saturated heterocycles. The van der Waals surface area contributed by atoms with Crippen molar-refractivity contribution in [3.05, 3.63) is 64.0 Å². The molecule has 0 aliphatic carbocycles. The molecule has 0 fully saturated rings. The third-order valence-electron chi connectivity index (χ3n) is 3.98. The highest BCUT2D eigenvalue weighted by molar-refractivity contribution is 6.39. The zero-order chi connectivity index (χ0) is 20.3. The fourth-order valence-corrected chi connectivity index (χ4v) is 3.31. The largest absolute Gasteiger partial charge is 0.477 e. The van der Waals surface area contributed by atoms with E-state index in [0.717, 1.165) is 5.69 Å². The van der Waals surface area contributed by atoms with Gasteiger partial charge in [0.2, 0.25) is 5.91 Å². The minimum atomic E-state index is -1.19. The Hall–Kier alpha value is -2.90. The number of fused-ring (bicyclic) bond motifs is 1. The maximum Gasteiger partial charge on any atom is 0.354 e. The smallest absolute Gasteiger partial charge is 0.354 e. The maximum atomic E-state index is 12.3. The summed E-state index contributed by atoms with van der Waals surface area (Å²) in [6, 6.07) is 9.98. The number of amides is 1. The molecule has 2 N–H and O–H groups in total. The first-order valence-corrected chi connectivity index (χ1v) is 9.01. The van der Waals surface area contributed by atoms with E-state index in [1.807, 2.05) is 6.07 Å². The van der Waals surface area contributed by atoms with Gasteiger partial charge in [-0.2, -0.15) is 0 Å². The molecular weight excluding hydrogens is 403 g/mol. The van der Waals surface area contributed by atoms with Crippen LogP contribution in [0.3, 0.4) is 0 Å². The summed E-state index contributed by atoms with van der Waals surface area (Å²) in [5, 5.41) is 13.9. The number of benzene rings is 1. The highest BCUT2D eigenvalue weighted by Gasteiger charge is 2.18. The number of nitrogens with one attached hydrogen (secondary N) is 1. The Morgan fingerprint density at radius 2 is 2.00 bits per heavy atom. The van der Waals surface area contributed by atoms with Gasteiger partial charge in [-0.3, -0.25) is 9.78 Å². The molecule has 0 atom stereocenters. The van der Waals surface area contributed by atoms with E-state index in [1.165, 1.54) is 6.07 Å². The van der Waals surface area contributed by atoms with E-state index < -0.39 is 5.97 Å². The van der Waals surface area contributed by atoms with Crippen LogP contribution in [0.15, 0.2) is 42.6 Å². The zero-order valence-electron chi connectivity index (χ0n) is 14.8. The Labute approximate surface area is 170 Å². The number of pyridine rings is 2. The second-order valence-electron chi connectivity index (χ2n) is 6.08. The molecule has 1 amide bonds. The molecule has 0 bridgehead atoms. The molecule has 1 aromatic carbocycles. The van der Waals surface area contributed by atoms with Crippen molar-refractivity contribution in [3.63, 3.8) is 0 Å². The quantitative estimate of drug-likeness (QED) is 0.636. The van der Waals surface area contributed by atoms with Gasteiger partial charge in [-0.05, 0) is 35.7 Å². The standard InChI is InChI=1S/C19H16Cl2N4O3/c1-25(10-16(26)23-9-13-4-2-3-5-22-13)18-17-11(6-12(20)8-14(17)21)7-15(24-18)19(27)28/h2-8H,9-10H2,1H3,(H,23,26)(H,27,28). The second kappa shape index (κ2) is 8.41. The fourth-order valence-electron chi connectivity index (χ4n) is 2.72. The van der Waals surface area contributed by atoms with Crippen molar-refractivity contribution in [2.75, 3.05) is 18.5 Å². The lowest BCUT2D eigenvalue weighted by molar-refractivity contribution is -0.119. The second-order valence-corrected chi connectivity index (χ2v) is 6.92. The highest BCUT2D eigenvalue weighted by Crippen LogP contribution is 2.34. The van der Waals surface area contributed by atoms with Crippen LogP contribution in [0, 0.1) is 0 Å². The van der Waals surface area contributed by atoms with Crippen molar-refractivity contribution in [3.8, 4) is 0 Å². The SMILES string of the molecule is CN(CC(=O)NCc1ccccn1)c1nc(C(=O)O)cc2cc(Cl)cc(Cl)c12. The van der Waals surface area contributed by atoms with E-state index in [0.29, 0.717) is 20.8 Å². The number of likely N-dealkylation sites (N-methyl/N-ethyl adjacent to an activating group) is 1. The first-order valence-electron chi connectivity index (χ1n) is 8.26. The van der Waals surface area contributed by atoms with Crippen LogP contribution in [0.25, 0.3) is 10.8 Å². The maximum absolute atomic E-state index is 12.3. The van der Waals surface area contributed by atoms with Gasteiger partial charge in [0, 0.05) is 23.7 Å². The molecule has 2 aromatic heterocycles. The number of anilines is 1. The Balaban J connectivity index is 1.86. The monoisotopic (exact) mass is 418 g/mol. The summed E-state index contributed by atoms with van der Waals surface area (Å²) in [6.07, 6.45) is 1.65.